The van der Waals surface area contributed by atoms with Crippen molar-refractivity contribution in [3.8, 4) is 0 Å². The lowest BCUT2D eigenvalue weighted by molar-refractivity contribution is 0.0906. The largest absolute Gasteiger partial charge is 0.468 e. The maximum atomic E-state index is 12.6. The fourth-order valence-electron chi connectivity index (χ4n) is 3.60. The van der Waals surface area contributed by atoms with Crippen LogP contribution in [-0.2, 0) is 0 Å². The molecule has 1 amide bonds. The van der Waals surface area contributed by atoms with Crippen molar-refractivity contribution in [2.24, 2.45) is 0 Å². The van der Waals surface area contributed by atoms with E-state index in [0.29, 0.717) is 17.5 Å². The molecule has 3 aromatic rings. The van der Waals surface area contributed by atoms with Gasteiger partial charge in [0.2, 0.25) is 0 Å². The van der Waals surface area contributed by atoms with Crippen LogP contribution in [0.3, 0.4) is 0 Å². The first-order valence-electron chi connectivity index (χ1n) is 9.22. The second-order valence-electron chi connectivity index (χ2n) is 6.96. The van der Waals surface area contributed by atoms with Crippen LogP contribution in [0.2, 0.25) is 0 Å². The van der Waals surface area contributed by atoms with E-state index in [1.807, 2.05) is 25.1 Å². The highest BCUT2D eigenvalue weighted by Crippen LogP contribution is 2.25. The number of hydrogen-bond acceptors (Lipinski definition) is 5. The van der Waals surface area contributed by atoms with Gasteiger partial charge >= 0.3 is 0 Å². The lowest BCUT2D eigenvalue weighted by Crippen LogP contribution is -2.36. The Morgan fingerprint density at radius 2 is 2.04 bits per heavy atom. The number of benzene rings is 1. The van der Waals surface area contributed by atoms with Gasteiger partial charge in [0.25, 0.3) is 5.91 Å². The number of hydrogen-bond donors (Lipinski definition) is 1. The molecule has 0 radical (unpaired) electrons. The van der Waals surface area contributed by atoms with Crippen molar-refractivity contribution >= 4 is 16.9 Å². The van der Waals surface area contributed by atoms with Gasteiger partial charge in [-0.25, -0.2) is 0 Å². The molecule has 4 rings (SSSR count). The van der Waals surface area contributed by atoms with Gasteiger partial charge in [-0.3, -0.25) is 14.5 Å². The number of aryl methyl sites for hydroxylation is 1. The quantitative estimate of drug-likeness (QED) is 0.750. The van der Waals surface area contributed by atoms with Crippen LogP contribution in [-0.4, -0.2) is 30.4 Å². The molecule has 2 aromatic heterocycles. The van der Waals surface area contributed by atoms with E-state index in [1.54, 1.807) is 18.4 Å². The molecule has 1 aliphatic rings. The van der Waals surface area contributed by atoms with Gasteiger partial charge in [-0.1, -0.05) is 11.6 Å². The highest BCUT2D eigenvalue weighted by atomic mass is 16.3. The maximum absolute atomic E-state index is 12.6. The van der Waals surface area contributed by atoms with Gasteiger partial charge in [0, 0.05) is 12.6 Å². The third-order valence-corrected chi connectivity index (χ3v) is 5.02. The summed E-state index contributed by atoms with van der Waals surface area (Å²) in [7, 11) is 0. The Labute approximate surface area is 156 Å². The molecular weight excluding hydrogens is 344 g/mol. The Morgan fingerprint density at radius 1 is 1.22 bits per heavy atom. The molecule has 0 spiro atoms. The predicted molar refractivity (Wildman–Crippen MR) is 102 cm³/mol. The van der Waals surface area contributed by atoms with Crippen LogP contribution in [0.25, 0.3) is 11.0 Å². The smallest absolute Gasteiger partial charge is 0.287 e. The van der Waals surface area contributed by atoms with Crippen LogP contribution in [0.5, 0.6) is 0 Å². The zero-order valence-electron chi connectivity index (χ0n) is 15.2. The summed E-state index contributed by atoms with van der Waals surface area (Å²) in [6.45, 7) is 4.26. The van der Waals surface area contributed by atoms with Crippen molar-refractivity contribution in [1.82, 2.24) is 10.2 Å². The summed E-state index contributed by atoms with van der Waals surface area (Å²) in [4.78, 5) is 27.2. The van der Waals surface area contributed by atoms with Crippen molar-refractivity contribution in [2.75, 3.05) is 19.6 Å². The number of likely N-dealkylation sites (tertiary alicyclic amines) is 1. The average molecular weight is 366 g/mol. The van der Waals surface area contributed by atoms with Gasteiger partial charge in [0.15, 0.2) is 11.2 Å². The van der Waals surface area contributed by atoms with Gasteiger partial charge in [-0.05, 0) is 57.1 Å². The third kappa shape index (κ3) is 3.66. The van der Waals surface area contributed by atoms with Gasteiger partial charge in [0.1, 0.15) is 11.3 Å². The average Bonchev–Trinajstić information content (AvgIpc) is 3.36. The summed E-state index contributed by atoms with van der Waals surface area (Å²) < 4.78 is 11.2. The molecule has 6 nitrogen and oxygen atoms in total. The summed E-state index contributed by atoms with van der Waals surface area (Å²) in [5.74, 6) is 0.453. The molecule has 140 valence electrons. The van der Waals surface area contributed by atoms with E-state index in [4.69, 9.17) is 8.83 Å². The number of carbonyl (C=O) groups is 1. The van der Waals surface area contributed by atoms with Crippen LogP contribution in [0, 0.1) is 6.92 Å². The lowest BCUT2D eigenvalue weighted by atomic mass is 10.1. The maximum Gasteiger partial charge on any atom is 0.287 e. The van der Waals surface area contributed by atoms with E-state index in [-0.39, 0.29) is 17.2 Å². The molecule has 1 fully saturated rings. The number of rotatable bonds is 5. The number of carbonyl (C=O) groups excluding carboxylic acids is 1. The van der Waals surface area contributed by atoms with Gasteiger partial charge in [-0.2, -0.15) is 0 Å². The Balaban J connectivity index is 1.53. The SMILES string of the molecule is Cc1ccc2oc(C(=O)NC[C@H](c3ccco3)N3CCCC3)cc(=O)c2c1. The summed E-state index contributed by atoms with van der Waals surface area (Å²) >= 11 is 0. The summed E-state index contributed by atoms with van der Waals surface area (Å²) in [6, 6.07) is 10.4. The molecule has 0 bridgehead atoms. The standard InChI is InChI=1S/C21H22N2O4/c1-14-6-7-18-15(11-14)17(24)12-20(27-18)21(25)22-13-16(19-5-4-10-26-19)23-8-2-3-9-23/h4-7,10-12,16H,2-3,8-9,13H2,1H3,(H,22,25)/t16-/m1/s1. The van der Waals surface area contributed by atoms with Crippen molar-refractivity contribution < 1.29 is 13.6 Å². The first-order valence-corrected chi connectivity index (χ1v) is 9.22. The predicted octanol–water partition coefficient (Wildman–Crippen LogP) is 3.26. The molecule has 0 aliphatic carbocycles. The number of fused-ring (bicyclic) bond motifs is 1. The molecule has 1 aromatic carbocycles. The normalized spacial score (nSPS) is 15.9. The molecule has 1 N–H and O–H groups in total. The molecule has 1 saturated heterocycles. The molecule has 1 atom stereocenters. The highest BCUT2D eigenvalue weighted by molar-refractivity contribution is 5.93. The van der Waals surface area contributed by atoms with Crippen LogP contribution in [0.1, 0.15) is 40.8 Å². The molecule has 3 heterocycles. The van der Waals surface area contributed by atoms with E-state index in [0.717, 1.165) is 37.3 Å². The number of nitrogens with zero attached hydrogens (tertiary/aromatic N) is 1. The Morgan fingerprint density at radius 3 is 2.78 bits per heavy atom. The van der Waals surface area contributed by atoms with Crippen molar-refractivity contribution in [2.45, 2.75) is 25.8 Å². The summed E-state index contributed by atoms with van der Waals surface area (Å²) in [5.41, 5.74) is 1.17. The van der Waals surface area contributed by atoms with Crippen LogP contribution in [0.4, 0.5) is 0 Å². The third-order valence-electron chi connectivity index (χ3n) is 5.02. The number of amides is 1. The van der Waals surface area contributed by atoms with E-state index in [1.165, 1.54) is 6.07 Å². The minimum atomic E-state index is -0.398. The molecule has 1 aliphatic heterocycles. The first kappa shape index (κ1) is 17.5. The molecular formula is C21H22N2O4. The minimum absolute atomic E-state index is 0.0240. The zero-order valence-corrected chi connectivity index (χ0v) is 15.2. The zero-order chi connectivity index (χ0) is 18.8. The lowest BCUT2D eigenvalue weighted by Gasteiger charge is -2.25. The second-order valence-corrected chi connectivity index (χ2v) is 6.96. The van der Waals surface area contributed by atoms with Crippen LogP contribution < -0.4 is 10.7 Å². The number of nitrogens with one attached hydrogen (secondary N) is 1. The molecule has 27 heavy (non-hydrogen) atoms. The van der Waals surface area contributed by atoms with Crippen LogP contribution in [0.15, 0.2) is 56.3 Å². The first-order chi connectivity index (χ1) is 13.1. The van der Waals surface area contributed by atoms with E-state index >= 15 is 0 Å². The van der Waals surface area contributed by atoms with Gasteiger partial charge < -0.3 is 14.2 Å². The Hall–Kier alpha value is -2.86. The monoisotopic (exact) mass is 366 g/mol. The fourth-order valence-corrected chi connectivity index (χ4v) is 3.60. The molecule has 0 saturated carbocycles. The summed E-state index contributed by atoms with van der Waals surface area (Å²) in [5, 5.41) is 3.38. The Kier molecular flexibility index (Phi) is 4.81. The van der Waals surface area contributed by atoms with Gasteiger partial charge in [-0.15, -0.1) is 0 Å². The van der Waals surface area contributed by atoms with Crippen molar-refractivity contribution in [3.63, 3.8) is 0 Å². The van der Waals surface area contributed by atoms with Crippen LogP contribution >= 0.6 is 0 Å². The molecule has 6 heteroatoms. The van der Waals surface area contributed by atoms with E-state index in [2.05, 4.69) is 10.2 Å². The fraction of sp³-hybridized carbons (Fsp3) is 0.333. The number of furan rings is 1. The van der Waals surface area contributed by atoms with E-state index in [9.17, 15) is 9.59 Å². The van der Waals surface area contributed by atoms with E-state index < -0.39 is 5.91 Å². The second kappa shape index (κ2) is 7.40. The Bertz CT molecular complexity index is 1000. The minimum Gasteiger partial charge on any atom is -0.468 e. The topological polar surface area (TPSA) is 75.7 Å². The van der Waals surface area contributed by atoms with Gasteiger partial charge in [0.05, 0.1) is 17.7 Å². The highest BCUT2D eigenvalue weighted by Gasteiger charge is 2.26. The summed E-state index contributed by atoms with van der Waals surface area (Å²) in [6.07, 6.45) is 3.93. The van der Waals surface area contributed by atoms with Crippen molar-refractivity contribution in [3.05, 3.63) is 70.0 Å². The van der Waals surface area contributed by atoms with Crippen molar-refractivity contribution in [1.29, 1.82) is 0 Å². The molecule has 0 unspecified atom stereocenters.